The Bertz CT molecular complexity index is 945. The summed E-state index contributed by atoms with van der Waals surface area (Å²) in [6.07, 6.45) is 9.19. The molecule has 0 unspecified atom stereocenters. The summed E-state index contributed by atoms with van der Waals surface area (Å²) < 4.78 is 8.31. The fourth-order valence-electron chi connectivity index (χ4n) is 2.77. The van der Waals surface area contributed by atoms with Crippen molar-refractivity contribution in [2.45, 2.75) is 26.3 Å². The number of methoxy groups -OCH3 is 1. The van der Waals surface area contributed by atoms with Crippen LogP contribution in [0.2, 0.25) is 0 Å². The van der Waals surface area contributed by atoms with Gasteiger partial charge in [-0.3, -0.25) is 9.48 Å². The molecule has 4 nitrogen and oxygen atoms in total. The molecule has 0 atom stereocenters. The Morgan fingerprint density at radius 2 is 2.22 bits per heavy atom. The standard InChI is InChI=1S/C21H21BrN2O2S/c1-3-5-20-17(22)13-21(27-20)18(25)8-6-15-7-9-19(26-2)16(12-15)14-24-11-4-10-23-24/h4,6-13H,3,5,14H2,1-2H3/b8-6+. The molecule has 0 aliphatic rings. The van der Waals surface area contributed by atoms with Crippen LogP contribution in [0.3, 0.4) is 0 Å². The van der Waals surface area contributed by atoms with Gasteiger partial charge in [-0.15, -0.1) is 11.3 Å². The Kier molecular flexibility index (Phi) is 6.63. The lowest BCUT2D eigenvalue weighted by atomic mass is 10.1. The van der Waals surface area contributed by atoms with E-state index in [4.69, 9.17) is 4.74 Å². The summed E-state index contributed by atoms with van der Waals surface area (Å²) in [7, 11) is 1.66. The topological polar surface area (TPSA) is 44.1 Å². The van der Waals surface area contributed by atoms with Crippen molar-refractivity contribution in [3.05, 3.63) is 74.2 Å². The number of aryl methyl sites for hydroxylation is 1. The average Bonchev–Trinajstić information content (AvgIpc) is 3.30. The third-order valence-corrected chi connectivity index (χ3v) is 6.28. The molecule has 140 valence electrons. The molecule has 0 spiro atoms. The molecule has 2 heterocycles. The highest BCUT2D eigenvalue weighted by molar-refractivity contribution is 9.10. The van der Waals surface area contributed by atoms with Crippen molar-refractivity contribution in [3.8, 4) is 5.75 Å². The minimum atomic E-state index is 0.0208. The maximum absolute atomic E-state index is 12.5. The quantitative estimate of drug-likeness (QED) is 0.334. The number of thiophene rings is 1. The van der Waals surface area contributed by atoms with Crippen LogP contribution in [0.25, 0.3) is 6.08 Å². The summed E-state index contributed by atoms with van der Waals surface area (Å²) in [4.78, 5) is 14.5. The van der Waals surface area contributed by atoms with Gasteiger partial charge < -0.3 is 4.74 Å². The SMILES string of the molecule is CCCc1sc(C(=O)/C=C/c2ccc(OC)c(Cn3cccn3)c2)cc1Br. The summed E-state index contributed by atoms with van der Waals surface area (Å²) in [5.41, 5.74) is 1.97. The summed E-state index contributed by atoms with van der Waals surface area (Å²) in [6, 6.07) is 9.70. The molecule has 27 heavy (non-hydrogen) atoms. The first-order valence-electron chi connectivity index (χ1n) is 8.75. The predicted molar refractivity (Wildman–Crippen MR) is 114 cm³/mol. The van der Waals surface area contributed by atoms with Gasteiger partial charge in [-0.25, -0.2) is 0 Å². The molecule has 0 aliphatic heterocycles. The van der Waals surface area contributed by atoms with Crippen LogP contribution in [0.1, 0.15) is 39.0 Å². The Morgan fingerprint density at radius 3 is 2.93 bits per heavy atom. The number of allylic oxidation sites excluding steroid dienone is 1. The van der Waals surface area contributed by atoms with Gasteiger partial charge in [-0.1, -0.05) is 25.5 Å². The van der Waals surface area contributed by atoms with Crippen molar-refractivity contribution >= 4 is 39.1 Å². The van der Waals surface area contributed by atoms with Crippen molar-refractivity contribution in [3.63, 3.8) is 0 Å². The Labute approximate surface area is 171 Å². The first kappa shape index (κ1) is 19.6. The number of nitrogens with zero attached hydrogens (tertiary/aromatic N) is 2. The Morgan fingerprint density at radius 1 is 1.37 bits per heavy atom. The zero-order valence-electron chi connectivity index (χ0n) is 15.3. The van der Waals surface area contributed by atoms with E-state index in [2.05, 4.69) is 28.0 Å². The Hall–Kier alpha value is -2.18. The van der Waals surface area contributed by atoms with E-state index in [9.17, 15) is 4.79 Å². The minimum absolute atomic E-state index is 0.0208. The minimum Gasteiger partial charge on any atom is -0.496 e. The normalized spacial score (nSPS) is 11.2. The van der Waals surface area contributed by atoms with Gasteiger partial charge in [0.05, 0.1) is 18.5 Å². The summed E-state index contributed by atoms with van der Waals surface area (Å²) >= 11 is 5.11. The number of aromatic nitrogens is 2. The van der Waals surface area contributed by atoms with Gasteiger partial charge in [0.25, 0.3) is 0 Å². The molecular weight excluding hydrogens is 424 g/mol. The number of rotatable bonds is 8. The van der Waals surface area contributed by atoms with E-state index in [0.717, 1.165) is 39.1 Å². The lowest BCUT2D eigenvalue weighted by Gasteiger charge is -2.09. The lowest BCUT2D eigenvalue weighted by Crippen LogP contribution is -2.02. The maximum Gasteiger partial charge on any atom is 0.195 e. The van der Waals surface area contributed by atoms with Gasteiger partial charge in [0.2, 0.25) is 0 Å². The first-order chi connectivity index (χ1) is 13.1. The zero-order chi connectivity index (χ0) is 19.2. The second kappa shape index (κ2) is 9.15. The fourth-order valence-corrected chi connectivity index (χ4v) is 4.67. The molecule has 0 radical (unpaired) electrons. The van der Waals surface area contributed by atoms with Gasteiger partial charge >= 0.3 is 0 Å². The summed E-state index contributed by atoms with van der Waals surface area (Å²) in [5.74, 6) is 0.827. The largest absolute Gasteiger partial charge is 0.496 e. The molecule has 0 aliphatic carbocycles. The van der Waals surface area contributed by atoms with Crippen LogP contribution < -0.4 is 4.74 Å². The lowest BCUT2D eigenvalue weighted by molar-refractivity contribution is 0.105. The molecule has 3 rings (SSSR count). The molecule has 0 amide bonds. The molecule has 0 fully saturated rings. The van der Waals surface area contributed by atoms with Crippen molar-refractivity contribution < 1.29 is 9.53 Å². The first-order valence-corrected chi connectivity index (χ1v) is 10.4. The van der Waals surface area contributed by atoms with Gasteiger partial charge in [0.15, 0.2) is 5.78 Å². The van der Waals surface area contributed by atoms with Crippen LogP contribution >= 0.6 is 27.3 Å². The smallest absolute Gasteiger partial charge is 0.195 e. The van der Waals surface area contributed by atoms with Crippen molar-refractivity contribution in [2.24, 2.45) is 0 Å². The predicted octanol–water partition coefficient (Wildman–Crippen LogP) is 5.61. The highest BCUT2D eigenvalue weighted by Crippen LogP contribution is 2.29. The monoisotopic (exact) mass is 444 g/mol. The second-order valence-corrected chi connectivity index (χ2v) is 8.10. The average molecular weight is 445 g/mol. The summed E-state index contributed by atoms with van der Waals surface area (Å²) in [5, 5.41) is 4.24. The number of hydrogen-bond donors (Lipinski definition) is 0. The molecule has 1 aromatic carbocycles. The number of benzene rings is 1. The molecule has 0 bridgehead atoms. The van der Waals surface area contributed by atoms with Crippen molar-refractivity contribution in [1.82, 2.24) is 9.78 Å². The molecular formula is C21H21BrN2O2S. The van der Waals surface area contributed by atoms with Crippen molar-refractivity contribution in [1.29, 1.82) is 0 Å². The number of ether oxygens (including phenoxy) is 1. The van der Waals surface area contributed by atoms with E-state index in [1.54, 1.807) is 30.7 Å². The third-order valence-electron chi connectivity index (χ3n) is 4.10. The number of hydrogen-bond acceptors (Lipinski definition) is 4. The molecule has 0 saturated heterocycles. The van der Waals surface area contributed by atoms with Crippen LogP contribution in [0, 0.1) is 0 Å². The highest BCUT2D eigenvalue weighted by atomic mass is 79.9. The number of carbonyl (C=O) groups is 1. The van der Waals surface area contributed by atoms with Crippen LogP contribution in [-0.2, 0) is 13.0 Å². The van der Waals surface area contributed by atoms with Gasteiger partial charge in [-0.05, 0) is 58.3 Å². The fraction of sp³-hybridized carbons (Fsp3) is 0.238. The van der Waals surface area contributed by atoms with E-state index < -0.39 is 0 Å². The maximum atomic E-state index is 12.5. The van der Waals surface area contributed by atoms with Gasteiger partial charge in [0.1, 0.15) is 5.75 Å². The molecule has 0 saturated carbocycles. The second-order valence-electron chi connectivity index (χ2n) is 6.10. The van der Waals surface area contributed by atoms with E-state index in [0.29, 0.717) is 6.54 Å². The number of carbonyl (C=O) groups excluding carboxylic acids is 1. The third kappa shape index (κ3) is 4.96. The molecule has 2 aromatic heterocycles. The van der Waals surface area contributed by atoms with E-state index >= 15 is 0 Å². The molecule has 6 heteroatoms. The van der Waals surface area contributed by atoms with E-state index in [-0.39, 0.29) is 5.78 Å². The van der Waals surface area contributed by atoms with Crippen LogP contribution in [-0.4, -0.2) is 22.7 Å². The van der Waals surface area contributed by atoms with Crippen LogP contribution in [0.15, 0.2) is 53.3 Å². The number of halogens is 1. The van der Waals surface area contributed by atoms with Crippen molar-refractivity contribution in [2.75, 3.05) is 7.11 Å². The van der Waals surface area contributed by atoms with Crippen LogP contribution in [0.4, 0.5) is 0 Å². The molecule has 0 N–H and O–H groups in total. The Balaban J connectivity index is 1.78. The van der Waals surface area contributed by atoms with Gasteiger partial charge in [-0.2, -0.15) is 5.10 Å². The van der Waals surface area contributed by atoms with Gasteiger partial charge in [0, 0.05) is 27.3 Å². The van der Waals surface area contributed by atoms with E-state index in [1.807, 2.05) is 47.3 Å². The molecule has 3 aromatic rings. The zero-order valence-corrected chi connectivity index (χ0v) is 17.7. The highest BCUT2D eigenvalue weighted by Gasteiger charge is 2.11. The summed E-state index contributed by atoms with van der Waals surface area (Å²) in [6.45, 7) is 2.75. The van der Waals surface area contributed by atoms with Crippen LogP contribution in [0.5, 0.6) is 5.75 Å². The van der Waals surface area contributed by atoms with E-state index in [1.165, 1.54) is 4.88 Å². The number of ketones is 1.